The van der Waals surface area contributed by atoms with Crippen LogP contribution in [-0.2, 0) is 14.8 Å². The van der Waals surface area contributed by atoms with E-state index in [1.54, 1.807) is 54.4 Å². The minimum atomic E-state index is -3.51. The Hall–Kier alpha value is -3.00. The molecule has 3 aliphatic rings. The number of anilines is 2. The fraction of sp³-hybridized carbons (Fsp3) is 0.364. The number of aromatic nitrogens is 2. The first-order chi connectivity index (χ1) is 16.7. The van der Waals surface area contributed by atoms with E-state index in [-0.39, 0.29) is 16.9 Å². The van der Waals surface area contributed by atoms with Crippen molar-refractivity contribution in [3.05, 3.63) is 47.0 Å². The van der Waals surface area contributed by atoms with Gasteiger partial charge in [-0.05, 0) is 30.0 Å². The van der Waals surface area contributed by atoms with Crippen molar-refractivity contribution in [2.24, 2.45) is 5.41 Å². The third kappa shape index (κ3) is 4.51. The molecular weight excluding hydrogens is 492 g/mol. The molecule has 35 heavy (non-hydrogen) atoms. The average Bonchev–Trinajstić information content (AvgIpc) is 3.08. The van der Waals surface area contributed by atoms with Gasteiger partial charge in [0.05, 0.1) is 22.1 Å². The number of aliphatic hydroxyl groups excluding tert-OH is 1. The summed E-state index contributed by atoms with van der Waals surface area (Å²) in [6.45, 7) is 2.37. The summed E-state index contributed by atoms with van der Waals surface area (Å²) in [5.41, 5.74) is 0.315. The van der Waals surface area contributed by atoms with Crippen molar-refractivity contribution in [3.63, 3.8) is 0 Å². The third-order valence-corrected chi connectivity index (χ3v) is 8.82. The lowest BCUT2D eigenvalue weighted by atomic mass is 9.74. The number of likely N-dealkylation sites (N-methyl/N-ethyl adjacent to an activating group) is 1. The molecule has 1 aromatic heterocycles. The number of hydrogen-bond donors (Lipinski definition) is 2. The van der Waals surface area contributed by atoms with Crippen LogP contribution in [0.15, 0.2) is 46.2 Å². The minimum absolute atomic E-state index is 0.0580. The molecule has 3 saturated heterocycles. The maximum Gasteiger partial charge on any atom is 0.290 e. The molecule has 3 fully saturated rings. The molecule has 0 bridgehead atoms. The van der Waals surface area contributed by atoms with E-state index in [0.717, 1.165) is 11.8 Å². The van der Waals surface area contributed by atoms with E-state index >= 15 is 0 Å². The molecule has 1 spiro atoms. The molecule has 184 valence electrons. The van der Waals surface area contributed by atoms with Crippen LogP contribution in [0.3, 0.4) is 0 Å². The van der Waals surface area contributed by atoms with E-state index in [1.807, 2.05) is 4.90 Å². The van der Waals surface area contributed by atoms with Gasteiger partial charge in [-0.1, -0.05) is 18.2 Å². The van der Waals surface area contributed by atoms with Crippen molar-refractivity contribution in [3.8, 4) is 0 Å². The number of nitrogens with one attached hydrogen (secondary N) is 1. The Labute approximate surface area is 206 Å². The number of sulfonamides is 1. The lowest BCUT2D eigenvalue weighted by Gasteiger charge is -2.59. The molecule has 4 heterocycles. The van der Waals surface area contributed by atoms with Crippen LogP contribution in [0, 0.1) is 5.41 Å². The number of rotatable bonds is 7. The first-order valence-corrected chi connectivity index (χ1v) is 13.2. The predicted octanol–water partition coefficient (Wildman–Crippen LogP) is 0.740. The van der Waals surface area contributed by atoms with Gasteiger partial charge in [-0.25, -0.2) is 13.4 Å². The Morgan fingerprint density at radius 2 is 1.89 bits per heavy atom. The lowest BCUT2D eigenvalue weighted by Crippen LogP contribution is -2.73. The highest BCUT2D eigenvalue weighted by Crippen LogP contribution is 2.43. The van der Waals surface area contributed by atoms with Gasteiger partial charge in [0, 0.05) is 51.3 Å². The number of carbonyl (C=O) groups is 2. The highest BCUT2D eigenvalue weighted by molar-refractivity contribution is 8.18. The van der Waals surface area contributed by atoms with Gasteiger partial charge in [-0.3, -0.25) is 14.9 Å². The van der Waals surface area contributed by atoms with Gasteiger partial charge in [-0.2, -0.15) is 9.29 Å². The number of benzene rings is 1. The highest BCUT2D eigenvalue weighted by Gasteiger charge is 2.56. The molecule has 11 nitrogen and oxygen atoms in total. The monoisotopic (exact) mass is 516 g/mol. The molecule has 2 N–H and O–H groups in total. The molecule has 0 atom stereocenters. The second-order valence-electron chi connectivity index (χ2n) is 8.89. The van der Waals surface area contributed by atoms with Crippen LogP contribution in [0.4, 0.5) is 16.6 Å². The van der Waals surface area contributed by atoms with E-state index < -0.39 is 21.2 Å². The summed E-state index contributed by atoms with van der Waals surface area (Å²) in [6, 6.07) is 10.1. The van der Waals surface area contributed by atoms with Crippen molar-refractivity contribution >= 4 is 50.8 Å². The summed E-state index contributed by atoms with van der Waals surface area (Å²) in [5.74, 6) is 0.542. The molecule has 5 rings (SSSR count). The van der Waals surface area contributed by atoms with Gasteiger partial charge in [-0.15, -0.1) is 0 Å². The zero-order valence-electron chi connectivity index (χ0n) is 18.9. The van der Waals surface area contributed by atoms with Gasteiger partial charge < -0.3 is 14.9 Å². The van der Waals surface area contributed by atoms with E-state index in [0.29, 0.717) is 55.1 Å². The maximum absolute atomic E-state index is 12.8. The van der Waals surface area contributed by atoms with Crippen LogP contribution in [0.25, 0.3) is 6.08 Å². The smallest absolute Gasteiger partial charge is 0.290 e. The van der Waals surface area contributed by atoms with Gasteiger partial charge in [0.25, 0.3) is 11.1 Å². The van der Waals surface area contributed by atoms with Crippen molar-refractivity contribution < 1.29 is 23.1 Å². The van der Waals surface area contributed by atoms with Crippen LogP contribution < -0.4 is 15.1 Å². The normalized spacial score (nSPS) is 20.6. The third-order valence-electron chi connectivity index (χ3n) is 6.21. The molecule has 2 aromatic rings. The first kappa shape index (κ1) is 23.7. The van der Waals surface area contributed by atoms with Crippen LogP contribution >= 0.6 is 11.8 Å². The van der Waals surface area contributed by atoms with Crippen LogP contribution in [0.1, 0.15) is 5.69 Å². The Morgan fingerprint density at radius 3 is 2.51 bits per heavy atom. The molecule has 1 aromatic carbocycles. The van der Waals surface area contributed by atoms with Gasteiger partial charge in [0.15, 0.2) is 0 Å². The quantitative estimate of drug-likeness (QED) is 0.507. The predicted molar refractivity (Wildman–Crippen MR) is 131 cm³/mol. The van der Waals surface area contributed by atoms with E-state index in [9.17, 15) is 23.1 Å². The Kier molecular flexibility index (Phi) is 6.03. The number of thioether (sulfide) groups is 1. The fourth-order valence-corrected chi connectivity index (χ4v) is 6.74. The van der Waals surface area contributed by atoms with Crippen molar-refractivity contribution in [1.29, 1.82) is 0 Å². The largest absolute Gasteiger partial charge is 0.395 e. The Bertz CT molecular complexity index is 1300. The molecule has 0 unspecified atom stereocenters. The molecular formula is C22H24N6O5S2. The number of aliphatic hydroxyl groups is 1. The summed E-state index contributed by atoms with van der Waals surface area (Å²) in [5, 5.41) is 11.1. The summed E-state index contributed by atoms with van der Waals surface area (Å²) < 4.78 is 27.2. The second kappa shape index (κ2) is 8.90. The standard InChI is InChI=1S/C22H24N6O5S2/c1-26(7-8-29)18-10-15(9-17-19(30)25-21(31)34-17)23-20(24-18)27-11-22(12-27)13-28(14-22)35(32,33)16-5-3-2-4-6-16/h2-6,9-10,29H,7-8,11-14H2,1H3,(H,25,30,31)/b17-9-. The first-order valence-electron chi connectivity index (χ1n) is 11.0. The van der Waals surface area contributed by atoms with E-state index in [2.05, 4.69) is 15.3 Å². The number of nitrogens with zero attached hydrogens (tertiary/aromatic N) is 5. The van der Waals surface area contributed by atoms with Crippen LogP contribution in [0.5, 0.6) is 0 Å². The van der Waals surface area contributed by atoms with Crippen molar-refractivity contribution in [1.82, 2.24) is 19.6 Å². The number of amides is 2. The molecule has 0 aliphatic carbocycles. The number of imide groups is 1. The van der Waals surface area contributed by atoms with Gasteiger partial charge >= 0.3 is 0 Å². The number of hydrogen-bond acceptors (Lipinski definition) is 10. The topological polar surface area (TPSA) is 136 Å². The zero-order chi connectivity index (χ0) is 24.8. The van der Waals surface area contributed by atoms with Crippen molar-refractivity contribution in [2.75, 3.05) is 56.2 Å². The number of carbonyl (C=O) groups excluding carboxylic acids is 2. The summed E-state index contributed by atoms with van der Waals surface area (Å²) >= 11 is 0.812. The Morgan fingerprint density at radius 1 is 1.17 bits per heavy atom. The molecule has 2 amide bonds. The maximum atomic E-state index is 12.8. The van der Waals surface area contributed by atoms with Gasteiger partial charge in [0.1, 0.15) is 5.82 Å². The average molecular weight is 517 g/mol. The summed E-state index contributed by atoms with van der Waals surface area (Å²) in [7, 11) is -1.72. The van der Waals surface area contributed by atoms with Crippen molar-refractivity contribution in [2.45, 2.75) is 4.90 Å². The fourth-order valence-electron chi connectivity index (χ4n) is 4.39. The summed E-state index contributed by atoms with van der Waals surface area (Å²) in [4.78, 5) is 36.9. The minimum Gasteiger partial charge on any atom is -0.395 e. The van der Waals surface area contributed by atoms with E-state index in [4.69, 9.17) is 0 Å². The Balaban J connectivity index is 1.33. The molecule has 3 aliphatic heterocycles. The zero-order valence-corrected chi connectivity index (χ0v) is 20.5. The second-order valence-corrected chi connectivity index (χ2v) is 11.8. The van der Waals surface area contributed by atoms with E-state index in [1.165, 1.54) is 4.31 Å². The van der Waals surface area contributed by atoms with Crippen LogP contribution in [-0.4, -0.2) is 85.3 Å². The molecule has 0 radical (unpaired) electrons. The molecule has 13 heteroatoms. The summed E-state index contributed by atoms with van der Waals surface area (Å²) in [6.07, 6.45) is 1.54. The van der Waals surface area contributed by atoms with Crippen LogP contribution in [0.2, 0.25) is 0 Å². The lowest BCUT2D eigenvalue weighted by molar-refractivity contribution is -0.115. The highest BCUT2D eigenvalue weighted by atomic mass is 32.2. The SMILES string of the molecule is CN(CCO)c1cc(/C=C2\SC(=O)NC2=O)nc(N2CC3(C2)CN(S(=O)(=O)c2ccccc2)C3)n1. The van der Waals surface area contributed by atoms with Gasteiger partial charge in [0.2, 0.25) is 16.0 Å². The molecule has 0 saturated carbocycles.